The van der Waals surface area contributed by atoms with Crippen molar-refractivity contribution in [1.82, 2.24) is 10.5 Å². The summed E-state index contributed by atoms with van der Waals surface area (Å²) >= 11 is 6.16. The van der Waals surface area contributed by atoms with Gasteiger partial charge in [0.25, 0.3) is 5.91 Å². The van der Waals surface area contributed by atoms with E-state index in [4.69, 9.17) is 26.6 Å². The Bertz CT molecular complexity index is 899. The van der Waals surface area contributed by atoms with Crippen LogP contribution in [0.5, 0.6) is 0 Å². The molecule has 1 aromatic carbocycles. The van der Waals surface area contributed by atoms with E-state index in [2.05, 4.69) is 10.5 Å². The summed E-state index contributed by atoms with van der Waals surface area (Å²) in [5.41, 5.74) is 4.46. The lowest BCUT2D eigenvalue weighted by atomic mass is 10.1. The molecule has 3 N–H and O–H groups in total. The molecule has 0 bridgehead atoms. The standard InChI is InChI=1S/C18H17ClF3N3O4/c19-14-15(17(27)24-11-5-6-12(7-11)28-13(26)8-23)25-29-16(14)9-1-3-10(4-2-9)18(20,21)22/h1-4,11-12H,5-8,23H2,(H,24,27). The fourth-order valence-electron chi connectivity index (χ4n) is 3.08. The van der Waals surface area contributed by atoms with E-state index >= 15 is 0 Å². The number of hydrogen-bond donors (Lipinski definition) is 2. The van der Waals surface area contributed by atoms with Gasteiger partial charge >= 0.3 is 12.1 Å². The van der Waals surface area contributed by atoms with E-state index in [1.807, 2.05) is 0 Å². The molecule has 11 heteroatoms. The number of amides is 1. The van der Waals surface area contributed by atoms with Gasteiger partial charge in [-0.2, -0.15) is 13.2 Å². The maximum absolute atomic E-state index is 12.7. The fourth-order valence-corrected chi connectivity index (χ4v) is 3.34. The number of carbonyl (C=O) groups excluding carboxylic acids is 2. The lowest BCUT2D eigenvalue weighted by molar-refractivity contribution is -0.147. The van der Waals surface area contributed by atoms with Crippen molar-refractivity contribution in [3.8, 4) is 11.3 Å². The van der Waals surface area contributed by atoms with Crippen LogP contribution >= 0.6 is 11.6 Å². The summed E-state index contributed by atoms with van der Waals surface area (Å²) in [6.45, 7) is -0.213. The molecule has 1 saturated carbocycles. The Hall–Kier alpha value is -2.59. The van der Waals surface area contributed by atoms with E-state index in [1.54, 1.807) is 0 Å². The van der Waals surface area contributed by atoms with Crippen LogP contribution in [0.3, 0.4) is 0 Å². The van der Waals surface area contributed by atoms with Gasteiger partial charge in [-0.15, -0.1) is 0 Å². The van der Waals surface area contributed by atoms with Crippen LogP contribution in [0.2, 0.25) is 5.02 Å². The summed E-state index contributed by atoms with van der Waals surface area (Å²) in [6, 6.07) is 3.89. The number of esters is 1. The van der Waals surface area contributed by atoms with Crippen molar-refractivity contribution >= 4 is 23.5 Å². The normalized spacial score (nSPS) is 19.2. The van der Waals surface area contributed by atoms with Gasteiger partial charge in [-0.25, -0.2) is 0 Å². The van der Waals surface area contributed by atoms with Crippen LogP contribution in [0.1, 0.15) is 35.3 Å². The Morgan fingerprint density at radius 1 is 1.28 bits per heavy atom. The second-order valence-electron chi connectivity index (χ2n) is 6.55. The molecule has 2 atom stereocenters. The Labute approximate surface area is 168 Å². The predicted octanol–water partition coefficient (Wildman–Crippen LogP) is 3.17. The fraction of sp³-hybridized carbons (Fsp3) is 0.389. The van der Waals surface area contributed by atoms with Crippen molar-refractivity contribution in [3.63, 3.8) is 0 Å². The van der Waals surface area contributed by atoms with Crippen molar-refractivity contribution in [3.05, 3.63) is 40.5 Å². The van der Waals surface area contributed by atoms with E-state index in [0.29, 0.717) is 19.3 Å². The lowest BCUT2D eigenvalue weighted by Gasteiger charge is -2.13. The minimum atomic E-state index is -4.47. The average Bonchev–Trinajstić information content (AvgIpc) is 3.27. The maximum atomic E-state index is 12.7. The van der Waals surface area contributed by atoms with E-state index in [1.165, 1.54) is 12.1 Å². The Kier molecular flexibility index (Phi) is 6.13. The number of nitrogens with one attached hydrogen (secondary N) is 1. The Balaban J connectivity index is 1.66. The number of benzene rings is 1. The highest BCUT2D eigenvalue weighted by Crippen LogP contribution is 2.34. The van der Waals surface area contributed by atoms with Gasteiger partial charge < -0.3 is 20.3 Å². The molecule has 1 aromatic heterocycles. The molecular weight excluding hydrogens is 415 g/mol. The molecule has 0 radical (unpaired) electrons. The molecule has 0 spiro atoms. The number of aromatic nitrogens is 1. The van der Waals surface area contributed by atoms with Crippen LogP contribution in [0.4, 0.5) is 13.2 Å². The topological polar surface area (TPSA) is 107 Å². The molecule has 1 fully saturated rings. The molecule has 29 heavy (non-hydrogen) atoms. The molecule has 0 saturated heterocycles. The van der Waals surface area contributed by atoms with Crippen LogP contribution in [0.15, 0.2) is 28.8 Å². The van der Waals surface area contributed by atoms with E-state index in [9.17, 15) is 22.8 Å². The molecule has 156 valence electrons. The van der Waals surface area contributed by atoms with Gasteiger partial charge in [0.2, 0.25) is 0 Å². The van der Waals surface area contributed by atoms with Gasteiger partial charge in [-0.05, 0) is 25.0 Å². The van der Waals surface area contributed by atoms with Gasteiger partial charge in [0.1, 0.15) is 11.1 Å². The summed E-state index contributed by atoms with van der Waals surface area (Å²) in [5, 5.41) is 6.27. The first-order chi connectivity index (χ1) is 13.7. The molecule has 1 heterocycles. The number of carbonyl (C=O) groups is 2. The zero-order chi connectivity index (χ0) is 21.2. The average molecular weight is 432 g/mol. The molecule has 2 unspecified atom stereocenters. The monoisotopic (exact) mass is 431 g/mol. The zero-order valence-corrected chi connectivity index (χ0v) is 15.7. The summed E-state index contributed by atoms with van der Waals surface area (Å²) in [6.07, 6.45) is -3.19. The van der Waals surface area contributed by atoms with Crippen molar-refractivity contribution in [1.29, 1.82) is 0 Å². The molecule has 1 amide bonds. The third-order valence-corrected chi connectivity index (χ3v) is 4.86. The van der Waals surface area contributed by atoms with Gasteiger partial charge in [0, 0.05) is 18.0 Å². The minimum absolute atomic E-state index is 0.00767. The van der Waals surface area contributed by atoms with E-state index < -0.39 is 23.6 Å². The predicted molar refractivity (Wildman–Crippen MR) is 96.0 cm³/mol. The van der Waals surface area contributed by atoms with Crippen molar-refractivity contribution in [2.75, 3.05) is 6.54 Å². The number of ether oxygens (including phenoxy) is 1. The first kappa shape index (κ1) is 21.1. The van der Waals surface area contributed by atoms with Crippen LogP contribution in [0, 0.1) is 0 Å². The lowest BCUT2D eigenvalue weighted by Crippen LogP contribution is -2.34. The SMILES string of the molecule is NCC(=O)OC1CCC(NC(=O)c2noc(-c3ccc(C(F)(F)F)cc3)c2Cl)C1. The van der Waals surface area contributed by atoms with Crippen LogP contribution in [-0.2, 0) is 15.7 Å². The molecule has 2 aromatic rings. The molecule has 0 aliphatic heterocycles. The highest BCUT2D eigenvalue weighted by Gasteiger charge is 2.32. The van der Waals surface area contributed by atoms with E-state index in [-0.39, 0.29) is 40.7 Å². The molecular formula is C18H17ClF3N3O4. The number of nitrogens with zero attached hydrogens (tertiary/aromatic N) is 1. The molecule has 7 nitrogen and oxygen atoms in total. The number of halogens is 4. The molecule has 1 aliphatic rings. The number of rotatable bonds is 5. The van der Waals surface area contributed by atoms with Crippen molar-refractivity contribution < 1.29 is 32.0 Å². The zero-order valence-electron chi connectivity index (χ0n) is 15.0. The smallest absolute Gasteiger partial charge is 0.416 e. The number of hydrogen-bond acceptors (Lipinski definition) is 6. The highest BCUT2D eigenvalue weighted by atomic mass is 35.5. The highest BCUT2D eigenvalue weighted by molar-refractivity contribution is 6.35. The van der Waals surface area contributed by atoms with Gasteiger partial charge in [-0.3, -0.25) is 9.59 Å². The Morgan fingerprint density at radius 3 is 2.59 bits per heavy atom. The summed E-state index contributed by atoms with van der Waals surface area (Å²) < 4.78 is 48.2. The third kappa shape index (κ3) is 4.88. The van der Waals surface area contributed by atoms with Crippen LogP contribution in [-0.4, -0.2) is 35.7 Å². The molecule has 1 aliphatic carbocycles. The first-order valence-corrected chi connectivity index (χ1v) is 9.10. The summed E-state index contributed by atoms with van der Waals surface area (Å²) in [5.74, 6) is -1.11. The second kappa shape index (κ2) is 8.42. The number of nitrogens with two attached hydrogens (primary N) is 1. The molecule has 3 rings (SSSR count). The summed E-state index contributed by atoms with van der Waals surface area (Å²) in [4.78, 5) is 23.7. The number of alkyl halides is 3. The van der Waals surface area contributed by atoms with Crippen LogP contribution in [0.25, 0.3) is 11.3 Å². The third-order valence-electron chi connectivity index (χ3n) is 4.51. The van der Waals surface area contributed by atoms with Crippen molar-refractivity contribution in [2.24, 2.45) is 5.73 Å². The Morgan fingerprint density at radius 2 is 1.97 bits per heavy atom. The van der Waals surface area contributed by atoms with Crippen molar-refractivity contribution in [2.45, 2.75) is 37.6 Å². The first-order valence-electron chi connectivity index (χ1n) is 8.72. The van der Waals surface area contributed by atoms with Gasteiger partial charge in [0.15, 0.2) is 11.5 Å². The summed E-state index contributed by atoms with van der Waals surface area (Å²) in [7, 11) is 0. The second-order valence-corrected chi connectivity index (χ2v) is 6.93. The van der Waals surface area contributed by atoms with Gasteiger partial charge in [0.05, 0.1) is 12.1 Å². The van der Waals surface area contributed by atoms with Crippen LogP contribution < -0.4 is 11.1 Å². The van der Waals surface area contributed by atoms with Gasteiger partial charge in [-0.1, -0.05) is 28.9 Å². The minimum Gasteiger partial charge on any atom is -0.461 e. The largest absolute Gasteiger partial charge is 0.461 e. The maximum Gasteiger partial charge on any atom is 0.416 e. The quantitative estimate of drug-likeness (QED) is 0.704. The van der Waals surface area contributed by atoms with E-state index in [0.717, 1.165) is 12.1 Å².